The number of fused-ring (bicyclic) bond motifs is 14. The zero-order chi connectivity index (χ0) is 33.5. The van der Waals surface area contributed by atoms with Crippen LogP contribution in [-0.4, -0.2) is 9.97 Å². The number of pyridine rings is 2. The van der Waals surface area contributed by atoms with Crippen molar-refractivity contribution in [2.24, 2.45) is 0 Å². The molecule has 2 aromatic heterocycles. The fourth-order valence-electron chi connectivity index (χ4n) is 9.11. The van der Waals surface area contributed by atoms with E-state index in [0.717, 1.165) is 22.6 Å². The topological polar surface area (TPSA) is 25.8 Å². The Bertz CT molecular complexity index is 2820. The van der Waals surface area contributed by atoms with E-state index >= 15 is 0 Å². The fraction of sp³-hybridized carbons (Fsp3) is 0.0204. The maximum atomic E-state index is 5.07. The first-order valence-electron chi connectivity index (χ1n) is 17.6. The second-order valence-electron chi connectivity index (χ2n) is 13.6. The van der Waals surface area contributed by atoms with Gasteiger partial charge in [-0.3, -0.25) is 4.98 Å². The van der Waals surface area contributed by atoms with Gasteiger partial charge >= 0.3 is 0 Å². The molecule has 2 heterocycles. The van der Waals surface area contributed by atoms with Gasteiger partial charge in [-0.2, -0.15) is 0 Å². The Labute approximate surface area is 296 Å². The molecule has 0 unspecified atom stereocenters. The standard InChI is InChI=1S/C49H30N2/c1-2-16-34-31(13-1)26-27-39-47-38-20-4-3-17-35(38)40(32-14-11-15-33(29-32)44-24-12-25-46(51-44)45-23-9-10-28-50-45)30-43(47)49(48(34)39)41-21-7-5-18-36(41)37-19-6-8-22-42(37)49/h1-30H. The molecule has 9 aromatic rings. The first-order valence-corrected chi connectivity index (χ1v) is 17.6. The molecule has 11 rings (SSSR count). The maximum absolute atomic E-state index is 5.07. The summed E-state index contributed by atoms with van der Waals surface area (Å²) < 4.78 is 0. The highest BCUT2D eigenvalue weighted by atomic mass is 14.8. The van der Waals surface area contributed by atoms with E-state index in [2.05, 4.69) is 157 Å². The molecule has 2 nitrogen and oxygen atoms in total. The smallest absolute Gasteiger partial charge is 0.0893 e. The van der Waals surface area contributed by atoms with Crippen molar-refractivity contribution < 1.29 is 0 Å². The first kappa shape index (κ1) is 28.2. The lowest BCUT2D eigenvalue weighted by molar-refractivity contribution is 0.802. The van der Waals surface area contributed by atoms with Crippen LogP contribution < -0.4 is 0 Å². The van der Waals surface area contributed by atoms with Crippen LogP contribution in [-0.2, 0) is 5.41 Å². The van der Waals surface area contributed by atoms with Gasteiger partial charge in [-0.15, -0.1) is 0 Å². The van der Waals surface area contributed by atoms with Gasteiger partial charge in [0, 0.05) is 11.8 Å². The Morgan fingerprint density at radius 3 is 1.82 bits per heavy atom. The fourth-order valence-corrected chi connectivity index (χ4v) is 9.11. The van der Waals surface area contributed by atoms with Gasteiger partial charge in [-0.05, 0) is 114 Å². The van der Waals surface area contributed by atoms with E-state index in [1.165, 1.54) is 77.2 Å². The molecule has 2 aliphatic carbocycles. The average Bonchev–Trinajstić information content (AvgIpc) is 3.68. The van der Waals surface area contributed by atoms with Crippen LogP contribution in [0.4, 0.5) is 0 Å². The number of hydrogen-bond donors (Lipinski definition) is 0. The minimum atomic E-state index is -0.465. The summed E-state index contributed by atoms with van der Waals surface area (Å²) in [6, 6.07) is 64.3. The highest BCUT2D eigenvalue weighted by Crippen LogP contribution is 2.65. The Balaban J connectivity index is 1.22. The lowest BCUT2D eigenvalue weighted by Crippen LogP contribution is -2.26. The molecule has 7 aromatic carbocycles. The Kier molecular flexibility index (Phi) is 5.91. The van der Waals surface area contributed by atoms with E-state index in [-0.39, 0.29) is 0 Å². The lowest BCUT2D eigenvalue weighted by Gasteiger charge is -2.32. The molecule has 0 bridgehead atoms. The third-order valence-corrected chi connectivity index (χ3v) is 11.1. The van der Waals surface area contributed by atoms with Crippen molar-refractivity contribution in [1.29, 1.82) is 0 Å². The number of rotatable bonds is 3. The molecule has 0 N–H and O–H groups in total. The Morgan fingerprint density at radius 1 is 0.373 bits per heavy atom. The van der Waals surface area contributed by atoms with E-state index in [9.17, 15) is 0 Å². The summed E-state index contributed by atoms with van der Waals surface area (Å²) in [5.74, 6) is 0. The predicted octanol–water partition coefficient (Wildman–Crippen LogP) is 12.1. The van der Waals surface area contributed by atoms with Crippen LogP contribution >= 0.6 is 0 Å². The third-order valence-electron chi connectivity index (χ3n) is 11.1. The first-order chi connectivity index (χ1) is 25.3. The molecular weight excluding hydrogens is 617 g/mol. The van der Waals surface area contributed by atoms with Gasteiger partial charge in [0.15, 0.2) is 0 Å². The maximum Gasteiger partial charge on any atom is 0.0893 e. The molecule has 236 valence electrons. The minimum absolute atomic E-state index is 0.465. The van der Waals surface area contributed by atoms with Crippen LogP contribution in [0.2, 0.25) is 0 Å². The van der Waals surface area contributed by atoms with Crippen LogP contribution in [0.25, 0.3) is 77.6 Å². The summed E-state index contributed by atoms with van der Waals surface area (Å²) in [5.41, 5.74) is 16.4. The summed E-state index contributed by atoms with van der Waals surface area (Å²) in [6.07, 6.45) is 1.82. The molecule has 2 heteroatoms. The van der Waals surface area contributed by atoms with Gasteiger partial charge in [0.1, 0.15) is 0 Å². The predicted molar refractivity (Wildman–Crippen MR) is 210 cm³/mol. The molecule has 0 aliphatic heterocycles. The van der Waals surface area contributed by atoms with Gasteiger partial charge in [0.05, 0.1) is 22.5 Å². The summed E-state index contributed by atoms with van der Waals surface area (Å²) in [5, 5.41) is 5.10. The van der Waals surface area contributed by atoms with Crippen molar-refractivity contribution in [3.63, 3.8) is 0 Å². The molecule has 2 aliphatic rings. The van der Waals surface area contributed by atoms with E-state index in [0.29, 0.717) is 0 Å². The van der Waals surface area contributed by atoms with Crippen molar-refractivity contribution in [2.75, 3.05) is 0 Å². The van der Waals surface area contributed by atoms with Gasteiger partial charge in [-0.25, -0.2) is 4.98 Å². The van der Waals surface area contributed by atoms with Crippen molar-refractivity contribution in [2.45, 2.75) is 5.41 Å². The number of nitrogens with zero attached hydrogens (tertiary/aromatic N) is 2. The second-order valence-corrected chi connectivity index (χ2v) is 13.6. The Hall–Kier alpha value is -6.64. The van der Waals surface area contributed by atoms with E-state index in [1.54, 1.807) is 0 Å². The molecule has 0 atom stereocenters. The average molecular weight is 647 g/mol. The van der Waals surface area contributed by atoms with Crippen molar-refractivity contribution in [1.82, 2.24) is 9.97 Å². The number of benzene rings is 7. The summed E-state index contributed by atoms with van der Waals surface area (Å²) in [6.45, 7) is 0. The highest BCUT2D eigenvalue weighted by molar-refractivity contribution is 6.14. The van der Waals surface area contributed by atoms with Crippen LogP contribution in [0.1, 0.15) is 22.3 Å². The highest BCUT2D eigenvalue weighted by Gasteiger charge is 2.53. The lowest BCUT2D eigenvalue weighted by atomic mass is 9.69. The monoisotopic (exact) mass is 646 g/mol. The van der Waals surface area contributed by atoms with Crippen LogP contribution in [0.3, 0.4) is 0 Å². The van der Waals surface area contributed by atoms with Gasteiger partial charge in [0.25, 0.3) is 0 Å². The van der Waals surface area contributed by atoms with E-state index in [4.69, 9.17) is 4.98 Å². The second kappa shape index (κ2) is 10.7. The van der Waals surface area contributed by atoms with Gasteiger partial charge < -0.3 is 0 Å². The quantitative estimate of drug-likeness (QED) is 0.191. The Morgan fingerprint density at radius 2 is 1.02 bits per heavy atom. The van der Waals surface area contributed by atoms with Crippen molar-refractivity contribution >= 4 is 21.5 Å². The number of aromatic nitrogens is 2. The summed E-state index contributed by atoms with van der Waals surface area (Å²) in [7, 11) is 0. The molecule has 0 radical (unpaired) electrons. The number of hydrogen-bond acceptors (Lipinski definition) is 2. The molecule has 0 saturated carbocycles. The van der Waals surface area contributed by atoms with Crippen LogP contribution in [0, 0.1) is 0 Å². The van der Waals surface area contributed by atoms with Crippen LogP contribution in [0.15, 0.2) is 182 Å². The van der Waals surface area contributed by atoms with Crippen LogP contribution in [0.5, 0.6) is 0 Å². The molecule has 0 fully saturated rings. The summed E-state index contributed by atoms with van der Waals surface area (Å²) in [4.78, 5) is 9.63. The largest absolute Gasteiger partial charge is 0.255 e. The zero-order valence-electron chi connectivity index (χ0n) is 27.7. The molecule has 0 saturated heterocycles. The normalized spacial score (nSPS) is 13.3. The molecule has 1 spiro atoms. The molecule has 51 heavy (non-hydrogen) atoms. The minimum Gasteiger partial charge on any atom is -0.255 e. The molecular formula is C49H30N2. The third kappa shape index (κ3) is 3.87. The van der Waals surface area contributed by atoms with Gasteiger partial charge in [0.2, 0.25) is 0 Å². The summed E-state index contributed by atoms with van der Waals surface area (Å²) >= 11 is 0. The van der Waals surface area contributed by atoms with Crippen molar-refractivity contribution in [3.8, 4) is 56.0 Å². The van der Waals surface area contributed by atoms with Crippen molar-refractivity contribution in [3.05, 3.63) is 204 Å². The van der Waals surface area contributed by atoms with E-state index in [1.807, 2.05) is 30.5 Å². The molecule has 0 amide bonds. The van der Waals surface area contributed by atoms with Gasteiger partial charge in [-0.1, -0.05) is 140 Å². The SMILES string of the molecule is c1ccc(-c2cccc(-c3cccc(-c4cc5c(c6ccccc46)-c4ccc6ccccc6c4C54c5ccccc5-c5ccccc54)c3)n2)nc1. The van der Waals surface area contributed by atoms with E-state index < -0.39 is 5.41 Å². The zero-order valence-corrected chi connectivity index (χ0v) is 27.7.